The van der Waals surface area contributed by atoms with Crippen LogP contribution in [0.3, 0.4) is 0 Å². The highest BCUT2D eigenvalue weighted by Gasteiger charge is 2.32. The van der Waals surface area contributed by atoms with Crippen LogP contribution in [0, 0.1) is 5.92 Å². The molecule has 1 heterocycles. The van der Waals surface area contributed by atoms with Gasteiger partial charge in [-0.15, -0.1) is 0 Å². The summed E-state index contributed by atoms with van der Waals surface area (Å²) in [6, 6.07) is 0.569. The molecule has 0 amide bonds. The van der Waals surface area contributed by atoms with Crippen LogP contribution in [0.15, 0.2) is 0 Å². The summed E-state index contributed by atoms with van der Waals surface area (Å²) in [7, 11) is 0. The van der Waals surface area contributed by atoms with Crippen LogP contribution < -0.4 is 5.32 Å². The number of hydrogen-bond donors (Lipinski definition) is 1. The van der Waals surface area contributed by atoms with E-state index >= 15 is 0 Å². The molecule has 18 heavy (non-hydrogen) atoms. The summed E-state index contributed by atoms with van der Waals surface area (Å²) in [4.78, 5) is 0. The van der Waals surface area contributed by atoms with Crippen LogP contribution in [0.25, 0.3) is 0 Å². The molecule has 1 aromatic heterocycles. The van der Waals surface area contributed by atoms with Gasteiger partial charge in [0.2, 0.25) is 0 Å². The summed E-state index contributed by atoms with van der Waals surface area (Å²) in [6.45, 7) is 8.34. The second-order valence-corrected chi connectivity index (χ2v) is 5.46. The molecule has 1 aliphatic rings. The van der Waals surface area contributed by atoms with Crippen LogP contribution in [-0.4, -0.2) is 22.4 Å². The molecule has 3 nitrogen and oxygen atoms in total. The lowest BCUT2D eigenvalue weighted by atomic mass is 10.1. The fourth-order valence-electron chi connectivity index (χ4n) is 2.59. The van der Waals surface area contributed by atoms with Crippen molar-refractivity contribution < 1.29 is 0 Å². The van der Waals surface area contributed by atoms with E-state index in [2.05, 4.69) is 35.9 Å². The Kier molecular flexibility index (Phi) is 4.68. The van der Waals surface area contributed by atoms with Crippen LogP contribution in [0.5, 0.6) is 0 Å². The highest BCUT2D eigenvalue weighted by Crippen LogP contribution is 2.35. The fourth-order valence-corrected chi connectivity index (χ4v) is 2.93. The van der Waals surface area contributed by atoms with E-state index in [0.717, 1.165) is 42.6 Å². The maximum Gasteiger partial charge on any atom is 0.0850 e. The van der Waals surface area contributed by atoms with Gasteiger partial charge < -0.3 is 5.32 Å². The smallest absolute Gasteiger partial charge is 0.0850 e. The van der Waals surface area contributed by atoms with E-state index < -0.39 is 0 Å². The molecule has 0 aromatic carbocycles. The van der Waals surface area contributed by atoms with Crippen LogP contribution in [0.4, 0.5) is 0 Å². The SMILES string of the molecule is CCNC(Cc1c(Cl)c(CC)nn1CC)C1CC1. The molecule has 1 saturated carbocycles. The van der Waals surface area contributed by atoms with Gasteiger partial charge in [0.1, 0.15) is 0 Å². The highest BCUT2D eigenvalue weighted by molar-refractivity contribution is 6.31. The highest BCUT2D eigenvalue weighted by atomic mass is 35.5. The average Bonchev–Trinajstić information content (AvgIpc) is 3.16. The number of halogens is 1. The van der Waals surface area contributed by atoms with Crippen molar-refractivity contribution in [1.82, 2.24) is 15.1 Å². The quantitative estimate of drug-likeness (QED) is 0.825. The Balaban J connectivity index is 2.17. The monoisotopic (exact) mass is 269 g/mol. The van der Waals surface area contributed by atoms with Crippen molar-refractivity contribution in [3.8, 4) is 0 Å². The zero-order chi connectivity index (χ0) is 13.1. The summed E-state index contributed by atoms with van der Waals surface area (Å²) in [5, 5.41) is 9.09. The number of likely N-dealkylation sites (N-methyl/N-ethyl adjacent to an activating group) is 1. The van der Waals surface area contributed by atoms with Crippen molar-refractivity contribution in [3.63, 3.8) is 0 Å². The molecule has 1 atom stereocenters. The maximum atomic E-state index is 6.47. The lowest BCUT2D eigenvalue weighted by Crippen LogP contribution is -2.33. The molecule has 0 bridgehead atoms. The van der Waals surface area contributed by atoms with E-state index in [9.17, 15) is 0 Å². The normalized spacial score (nSPS) is 17.1. The van der Waals surface area contributed by atoms with Gasteiger partial charge in [-0.05, 0) is 38.6 Å². The average molecular weight is 270 g/mol. The fraction of sp³-hybridized carbons (Fsp3) is 0.786. The number of aromatic nitrogens is 2. The van der Waals surface area contributed by atoms with E-state index in [4.69, 9.17) is 11.6 Å². The van der Waals surface area contributed by atoms with Crippen LogP contribution in [-0.2, 0) is 19.4 Å². The van der Waals surface area contributed by atoms with Gasteiger partial charge >= 0.3 is 0 Å². The minimum Gasteiger partial charge on any atom is -0.314 e. The first-order chi connectivity index (χ1) is 8.71. The molecule has 1 aromatic rings. The summed E-state index contributed by atoms with van der Waals surface area (Å²) in [5.41, 5.74) is 2.26. The summed E-state index contributed by atoms with van der Waals surface area (Å²) >= 11 is 6.47. The first-order valence-corrected chi connectivity index (χ1v) is 7.56. The third-order valence-electron chi connectivity index (χ3n) is 3.76. The molecule has 102 valence electrons. The third kappa shape index (κ3) is 2.89. The predicted octanol–water partition coefficient (Wildman–Crippen LogP) is 3.05. The second kappa shape index (κ2) is 6.07. The van der Waals surface area contributed by atoms with Gasteiger partial charge in [-0.3, -0.25) is 4.68 Å². The van der Waals surface area contributed by atoms with Crippen molar-refractivity contribution in [2.24, 2.45) is 5.92 Å². The maximum absolute atomic E-state index is 6.47. The minimum atomic E-state index is 0.569. The molecule has 0 spiro atoms. The number of hydrogen-bond acceptors (Lipinski definition) is 2. The number of rotatable bonds is 7. The van der Waals surface area contributed by atoms with Crippen LogP contribution in [0.1, 0.15) is 45.0 Å². The Bertz CT molecular complexity index is 396. The minimum absolute atomic E-state index is 0.569. The second-order valence-electron chi connectivity index (χ2n) is 5.08. The molecule has 0 saturated heterocycles. The molecular weight excluding hydrogens is 246 g/mol. The first-order valence-electron chi connectivity index (χ1n) is 7.18. The molecule has 0 aliphatic heterocycles. The van der Waals surface area contributed by atoms with Crippen molar-refractivity contribution in [1.29, 1.82) is 0 Å². The molecule has 1 N–H and O–H groups in total. The molecule has 0 radical (unpaired) electrons. The molecule has 1 fully saturated rings. The topological polar surface area (TPSA) is 29.9 Å². The number of nitrogens with zero attached hydrogens (tertiary/aromatic N) is 2. The zero-order valence-corrected chi connectivity index (χ0v) is 12.4. The van der Waals surface area contributed by atoms with Gasteiger partial charge in [-0.25, -0.2) is 0 Å². The molecule has 2 rings (SSSR count). The lowest BCUT2D eigenvalue weighted by molar-refractivity contribution is 0.454. The van der Waals surface area contributed by atoms with E-state index in [1.165, 1.54) is 18.5 Å². The molecule has 1 unspecified atom stereocenters. The zero-order valence-electron chi connectivity index (χ0n) is 11.7. The van der Waals surface area contributed by atoms with Crippen molar-refractivity contribution in [2.45, 2.75) is 59.0 Å². The summed E-state index contributed by atoms with van der Waals surface area (Å²) in [6.07, 6.45) is 4.64. The summed E-state index contributed by atoms with van der Waals surface area (Å²) in [5.74, 6) is 0.839. The van der Waals surface area contributed by atoms with Crippen LogP contribution in [0.2, 0.25) is 5.02 Å². The van der Waals surface area contributed by atoms with Gasteiger partial charge in [0.15, 0.2) is 0 Å². The van der Waals surface area contributed by atoms with Crippen LogP contribution >= 0.6 is 11.6 Å². The summed E-state index contributed by atoms with van der Waals surface area (Å²) < 4.78 is 2.08. The van der Waals surface area contributed by atoms with Gasteiger partial charge in [-0.1, -0.05) is 25.4 Å². The Morgan fingerprint density at radius 3 is 2.61 bits per heavy atom. The molecule has 4 heteroatoms. The first kappa shape index (κ1) is 13.9. The largest absolute Gasteiger partial charge is 0.314 e. The third-order valence-corrected chi connectivity index (χ3v) is 4.20. The van der Waals surface area contributed by atoms with Gasteiger partial charge in [0.05, 0.1) is 16.4 Å². The molecule has 1 aliphatic carbocycles. The Labute approximate surface area is 115 Å². The predicted molar refractivity (Wildman–Crippen MR) is 76.2 cm³/mol. The Hall–Kier alpha value is -0.540. The van der Waals surface area contributed by atoms with Gasteiger partial charge in [0.25, 0.3) is 0 Å². The van der Waals surface area contributed by atoms with E-state index in [1.54, 1.807) is 0 Å². The van der Waals surface area contributed by atoms with E-state index in [-0.39, 0.29) is 0 Å². The van der Waals surface area contributed by atoms with Crippen molar-refractivity contribution in [3.05, 3.63) is 16.4 Å². The van der Waals surface area contributed by atoms with Gasteiger partial charge in [-0.2, -0.15) is 5.10 Å². The number of aryl methyl sites for hydroxylation is 2. The Morgan fingerprint density at radius 2 is 2.11 bits per heavy atom. The Morgan fingerprint density at radius 1 is 1.39 bits per heavy atom. The molecular formula is C14H24ClN3. The van der Waals surface area contributed by atoms with E-state index in [0.29, 0.717) is 6.04 Å². The van der Waals surface area contributed by atoms with Crippen molar-refractivity contribution >= 4 is 11.6 Å². The van der Waals surface area contributed by atoms with E-state index in [1.807, 2.05) is 0 Å². The number of nitrogens with one attached hydrogen (secondary N) is 1. The standard InChI is InChI=1S/C14H24ClN3/c1-4-11-14(15)13(18(6-3)17-11)9-12(16-5-2)10-7-8-10/h10,12,16H,4-9H2,1-3H3. The lowest BCUT2D eigenvalue weighted by Gasteiger charge is -2.18. The van der Waals surface area contributed by atoms with Crippen molar-refractivity contribution in [2.75, 3.05) is 6.54 Å². The van der Waals surface area contributed by atoms with Gasteiger partial charge in [0, 0.05) is 19.0 Å².